The number of ether oxygens (including phenoxy) is 1. The Balaban J connectivity index is 2.90. The summed E-state index contributed by atoms with van der Waals surface area (Å²) in [4.78, 5) is 34.9. The number of Topliss-reactive ketones (excluding diaryl/α,β-unsaturated/α-hetero) is 1. The molecule has 5 N–H and O–H groups in total. The van der Waals surface area contributed by atoms with E-state index in [0.717, 1.165) is 11.3 Å². The number of urea groups is 1. The van der Waals surface area contributed by atoms with Crippen LogP contribution in [0.4, 0.5) is 4.79 Å². The lowest BCUT2D eigenvalue weighted by molar-refractivity contribution is -0.137. The normalized spacial score (nSPS) is 26.5. The highest BCUT2D eigenvalue weighted by molar-refractivity contribution is 5.93. The summed E-state index contributed by atoms with van der Waals surface area (Å²) in [5.74, 6) is -1.48. The maximum absolute atomic E-state index is 11.9. The van der Waals surface area contributed by atoms with Gasteiger partial charge in [0.2, 0.25) is 0 Å². The fourth-order valence-electron chi connectivity index (χ4n) is 2.66. The summed E-state index contributed by atoms with van der Waals surface area (Å²) in [5.41, 5.74) is 5.36. The maximum atomic E-state index is 11.9. The molecule has 0 radical (unpaired) electrons. The Labute approximate surface area is 146 Å². The van der Waals surface area contributed by atoms with Crippen molar-refractivity contribution >= 4 is 17.8 Å². The van der Waals surface area contributed by atoms with Crippen molar-refractivity contribution in [2.75, 3.05) is 6.54 Å². The van der Waals surface area contributed by atoms with Crippen LogP contribution in [0.3, 0.4) is 0 Å². The van der Waals surface area contributed by atoms with Crippen LogP contribution in [0.2, 0.25) is 0 Å². The molecule has 2 amide bonds. The Morgan fingerprint density at radius 1 is 1.20 bits per heavy atom. The molecule has 142 valence electrons. The van der Waals surface area contributed by atoms with Crippen LogP contribution in [0.5, 0.6) is 0 Å². The van der Waals surface area contributed by atoms with Crippen LogP contribution in [-0.4, -0.2) is 69.0 Å². The molecule has 1 aliphatic rings. The summed E-state index contributed by atoms with van der Waals surface area (Å²) in [6, 6.07) is -0.892. The van der Waals surface area contributed by atoms with Crippen molar-refractivity contribution in [1.82, 2.24) is 4.90 Å². The summed E-state index contributed by atoms with van der Waals surface area (Å²) in [6.45, 7) is 3.02. The van der Waals surface area contributed by atoms with Crippen LogP contribution >= 0.6 is 0 Å². The van der Waals surface area contributed by atoms with Crippen molar-refractivity contribution in [2.24, 2.45) is 5.73 Å². The third-order valence-electron chi connectivity index (χ3n) is 4.07. The van der Waals surface area contributed by atoms with Crippen LogP contribution in [0.15, 0.2) is 11.8 Å². The second-order valence-electron chi connectivity index (χ2n) is 6.07. The summed E-state index contributed by atoms with van der Waals surface area (Å²) in [5, 5.41) is 28.8. The Morgan fingerprint density at radius 3 is 2.28 bits per heavy atom. The molecule has 1 fully saturated rings. The molecule has 0 bridgehead atoms. The topological polar surface area (TPSA) is 150 Å². The van der Waals surface area contributed by atoms with Crippen LogP contribution in [0.25, 0.3) is 0 Å². The minimum absolute atomic E-state index is 0.0232. The molecule has 0 aliphatic carbocycles. The van der Waals surface area contributed by atoms with E-state index in [1.165, 1.54) is 13.1 Å². The fourth-order valence-corrected chi connectivity index (χ4v) is 2.66. The molecule has 1 heterocycles. The number of primary amides is 1. The molecule has 0 aromatic rings. The highest BCUT2D eigenvalue weighted by atomic mass is 16.5. The van der Waals surface area contributed by atoms with Crippen LogP contribution in [0.1, 0.15) is 39.5 Å². The zero-order valence-electron chi connectivity index (χ0n) is 14.4. The number of carboxylic acid groups (broad SMARTS) is 1. The summed E-state index contributed by atoms with van der Waals surface area (Å²) in [7, 11) is 0. The smallest absolute Gasteiger partial charge is 0.318 e. The van der Waals surface area contributed by atoms with Gasteiger partial charge in [0.15, 0.2) is 5.78 Å². The van der Waals surface area contributed by atoms with Gasteiger partial charge in [-0.05, 0) is 13.3 Å². The number of nitrogens with two attached hydrogens (primary N) is 1. The molecule has 9 nitrogen and oxygen atoms in total. The van der Waals surface area contributed by atoms with Gasteiger partial charge in [0.05, 0.1) is 18.6 Å². The lowest BCUT2D eigenvalue weighted by atomic mass is 9.99. The first-order valence-electron chi connectivity index (χ1n) is 8.18. The van der Waals surface area contributed by atoms with Crippen LogP contribution in [-0.2, 0) is 14.3 Å². The van der Waals surface area contributed by atoms with E-state index in [0.29, 0.717) is 6.42 Å². The Morgan fingerprint density at radius 2 is 1.80 bits per heavy atom. The number of carbonyl (C=O) groups excluding carboxylic acids is 2. The number of hydrogen-bond donors (Lipinski definition) is 4. The lowest BCUT2D eigenvalue weighted by Gasteiger charge is -2.19. The quantitative estimate of drug-likeness (QED) is 0.423. The molecule has 1 saturated heterocycles. The van der Waals surface area contributed by atoms with Crippen molar-refractivity contribution in [1.29, 1.82) is 0 Å². The minimum atomic E-state index is -1.15. The van der Waals surface area contributed by atoms with E-state index in [1.54, 1.807) is 0 Å². The van der Waals surface area contributed by atoms with Crippen LogP contribution in [0, 0.1) is 0 Å². The molecule has 25 heavy (non-hydrogen) atoms. The predicted octanol–water partition coefficient (Wildman–Crippen LogP) is -0.00590. The molecule has 1 rings (SSSR count). The number of amides is 2. The minimum Gasteiger partial charge on any atom is -0.481 e. The standard InChI is InChI=1S/C16H26N2O7/c1-3-4-11-14(22)15(23)12(25-11)7-10(9(2)19)8-18(16(17)24)6-5-13(20)21/h8,11-12,14-15,22-23H,3-7H2,1-2H3,(H2,17,24)(H,20,21). The van der Waals surface area contributed by atoms with Gasteiger partial charge < -0.3 is 30.7 Å². The molecule has 4 unspecified atom stereocenters. The molecule has 0 spiro atoms. The van der Waals surface area contributed by atoms with Gasteiger partial charge in [-0.15, -0.1) is 0 Å². The van der Waals surface area contributed by atoms with Gasteiger partial charge in [0.25, 0.3) is 0 Å². The number of aliphatic carboxylic acids is 1. The van der Waals surface area contributed by atoms with Gasteiger partial charge >= 0.3 is 12.0 Å². The zero-order chi connectivity index (χ0) is 19.1. The highest BCUT2D eigenvalue weighted by Gasteiger charge is 2.42. The van der Waals surface area contributed by atoms with Crippen molar-refractivity contribution in [3.63, 3.8) is 0 Å². The number of carboxylic acids is 1. The monoisotopic (exact) mass is 358 g/mol. The molecule has 0 aromatic heterocycles. The molecule has 0 aromatic carbocycles. The summed E-state index contributed by atoms with van der Waals surface area (Å²) >= 11 is 0. The lowest BCUT2D eigenvalue weighted by Crippen LogP contribution is -2.35. The van der Waals surface area contributed by atoms with Gasteiger partial charge in [0.1, 0.15) is 12.2 Å². The predicted molar refractivity (Wildman–Crippen MR) is 87.5 cm³/mol. The highest BCUT2D eigenvalue weighted by Crippen LogP contribution is 2.28. The summed E-state index contributed by atoms with van der Waals surface area (Å²) in [6.07, 6.45) is -1.34. The van der Waals surface area contributed by atoms with Crippen molar-refractivity contribution < 1.29 is 34.4 Å². The molecule has 1 aliphatic heterocycles. The largest absolute Gasteiger partial charge is 0.481 e. The van der Waals surface area contributed by atoms with E-state index in [4.69, 9.17) is 15.6 Å². The SMILES string of the molecule is CCCC1OC(CC(=CN(CCC(=O)O)C(N)=O)C(C)=O)C(O)C1O. The average molecular weight is 358 g/mol. The number of nitrogens with zero attached hydrogens (tertiary/aromatic N) is 1. The number of rotatable bonds is 9. The van der Waals surface area contributed by atoms with Gasteiger partial charge in [-0.1, -0.05) is 13.3 Å². The first-order chi connectivity index (χ1) is 11.7. The number of aliphatic hydroxyl groups excluding tert-OH is 2. The number of carbonyl (C=O) groups is 3. The van der Waals surface area contributed by atoms with Gasteiger partial charge in [0, 0.05) is 24.7 Å². The van der Waals surface area contributed by atoms with Crippen LogP contribution < -0.4 is 5.73 Å². The van der Waals surface area contributed by atoms with Crippen molar-refractivity contribution in [3.8, 4) is 0 Å². The summed E-state index contributed by atoms with van der Waals surface area (Å²) < 4.78 is 5.63. The van der Waals surface area contributed by atoms with E-state index in [2.05, 4.69) is 0 Å². The third kappa shape index (κ3) is 6.11. The van der Waals surface area contributed by atoms with Gasteiger partial charge in [-0.3, -0.25) is 9.59 Å². The zero-order valence-corrected chi connectivity index (χ0v) is 14.4. The Kier molecular flexibility index (Phi) is 8.01. The van der Waals surface area contributed by atoms with Crippen molar-refractivity contribution in [3.05, 3.63) is 11.8 Å². The molecule has 4 atom stereocenters. The van der Waals surface area contributed by atoms with Gasteiger partial charge in [-0.2, -0.15) is 0 Å². The second kappa shape index (κ2) is 9.50. The molecular weight excluding hydrogens is 332 g/mol. The van der Waals surface area contributed by atoms with Gasteiger partial charge in [-0.25, -0.2) is 4.79 Å². The first-order valence-corrected chi connectivity index (χ1v) is 8.18. The molecular formula is C16H26N2O7. The third-order valence-corrected chi connectivity index (χ3v) is 4.07. The second-order valence-corrected chi connectivity index (χ2v) is 6.07. The maximum Gasteiger partial charge on any atom is 0.318 e. The number of ketones is 1. The van der Waals surface area contributed by atoms with E-state index < -0.39 is 36.4 Å². The average Bonchev–Trinajstić information content (AvgIpc) is 2.78. The van der Waals surface area contributed by atoms with E-state index in [9.17, 15) is 24.6 Å². The van der Waals surface area contributed by atoms with E-state index >= 15 is 0 Å². The molecule has 9 heteroatoms. The van der Waals surface area contributed by atoms with Crippen molar-refractivity contribution in [2.45, 2.75) is 63.9 Å². The Bertz CT molecular complexity index is 535. The number of aliphatic hydroxyl groups is 2. The Hall–Kier alpha value is -1.97. The van der Waals surface area contributed by atoms with E-state index in [-0.39, 0.29) is 30.7 Å². The first kappa shape index (κ1) is 21.1. The molecule has 0 saturated carbocycles. The number of hydrogen-bond acceptors (Lipinski definition) is 6. The van der Waals surface area contributed by atoms with E-state index in [1.807, 2.05) is 6.92 Å². The fraction of sp³-hybridized carbons (Fsp3) is 0.688.